The summed E-state index contributed by atoms with van der Waals surface area (Å²) in [6, 6.07) is 8.84. The van der Waals surface area contributed by atoms with E-state index in [1.54, 1.807) is 30.3 Å². The normalized spacial score (nSPS) is 22.6. The molecule has 1 unspecified atom stereocenters. The average Bonchev–Trinajstić information content (AvgIpc) is 2.50. The highest BCUT2D eigenvalue weighted by Crippen LogP contribution is 2.28. The number of imide groups is 1. The number of carbonyl (C=O) groups excluding carboxylic acids is 2. The van der Waals surface area contributed by atoms with E-state index in [-0.39, 0.29) is 11.8 Å². The molecule has 0 aromatic heterocycles. The van der Waals surface area contributed by atoms with E-state index < -0.39 is 5.60 Å². The zero-order valence-electron chi connectivity index (χ0n) is 11.7. The van der Waals surface area contributed by atoms with Gasteiger partial charge in [0.2, 0.25) is 0 Å². The van der Waals surface area contributed by atoms with Crippen LogP contribution < -0.4 is 0 Å². The Morgan fingerprint density at radius 2 is 2.15 bits per heavy atom. The molecule has 4 nitrogen and oxygen atoms in total. The molecule has 1 atom stereocenters. The Morgan fingerprint density at radius 1 is 1.45 bits per heavy atom. The number of nitrogens with zero attached hydrogens (tertiary/aromatic N) is 1. The molecule has 1 fully saturated rings. The van der Waals surface area contributed by atoms with Crippen LogP contribution in [0.25, 0.3) is 0 Å². The largest absolute Gasteiger partial charge is 0.363 e. The summed E-state index contributed by atoms with van der Waals surface area (Å²) in [7, 11) is 0. The molecular formula is C16H19NO3. The van der Waals surface area contributed by atoms with Crippen LogP contribution in [0, 0.1) is 0 Å². The minimum Gasteiger partial charge on any atom is -0.363 e. The minimum absolute atomic E-state index is 0.263. The molecule has 0 aliphatic carbocycles. The van der Waals surface area contributed by atoms with Crippen LogP contribution >= 0.6 is 0 Å². The topological polar surface area (TPSA) is 46.6 Å². The Morgan fingerprint density at radius 3 is 2.75 bits per heavy atom. The lowest BCUT2D eigenvalue weighted by Gasteiger charge is -2.39. The Labute approximate surface area is 119 Å². The number of benzene rings is 1. The van der Waals surface area contributed by atoms with E-state index in [1.165, 1.54) is 4.90 Å². The van der Waals surface area contributed by atoms with Gasteiger partial charge in [0.1, 0.15) is 0 Å². The van der Waals surface area contributed by atoms with Gasteiger partial charge in [-0.05, 0) is 18.6 Å². The molecule has 1 aromatic rings. The number of ether oxygens (including phenoxy) is 1. The van der Waals surface area contributed by atoms with Crippen LogP contribution in [0.3, 0.4) is 0 Å². The Kier molecular flexibility index (Phi) is 4.35. The summed E-state index contributed by atoms with van der Waals surface area (Å²) in [4.78, 5) is 26.4. The number of hydrogen-bond donors (Lipinski definition) is 0. The van der Waals surface area contributed by atoms with Crippen molar-refractivity contribution >= 4 is 11.8 Å². The van der Waals surface area contributed by atoms with Crippen LogP contribution in [0.15, 0.2) is 43.0 Å². The second kappa shape index (κ2) is 6.01. The lowest BCUT2D eigenvalue weighted by Crippen LogP contribution is -2.58. The standard InChI is InChI=1S/C16H19NO3/c1-3-10-16(4-2)15(19)17(11-12-20-16)14(18)13-8-6-5-7-9-13/h3,5-9H,1,4,10-12H2,2H3. The van der Waals surface area contributed by atoms with Gasteiger partial charge in [-0.2, -0.15) is 0 Å². The smallest absolute Gasteiger partial charge is 0.262 e. The minimum atomic E-state index is -0.940. The zero-order chi connectivity index (χ0) is 14.6. The SMILES string of the molecule is C=CCC1(CC)OCCN(C(=O)c2ccccc2)C1=O. The number of amides is 2. The van der Waals surface area contributed by atoms with Gasteiger partial charge in [0.25, 0.3) is 11.8 Å². The van der Waals surface area contributed by atoms with Crippen LogP contribution in [0.4, 0.5) is 0 Å². The van der Waals surface area contributed by atoms with E-state index in [4.69, 9.17) is 4.74 Å². The fraction of sp³-hybridized carbons (Fsp3) is 0.375. The van der Waals surface area contributed by atoms with E-state index in [1.807, 2.05) is 13.0 Å². The molecule has 4 heteroatoms. The number of rotatable bonds is 4. The highest BCUT2D eigenvalue weighted by Gasteiger charge is 2.45. The first-order valence-corrected chi connectivity index (χ1v) is 6.81. The van der Waals surface area contributed by atoms with Crippen LogP contribution in [0.5, 0.6) is 0 Å². The third-order valence-corrected chi connectivity index (χ3v) is 3.64. The summed E-state index contributed by atoms with van der Waals surface area (Å²) in [5.41, 5.74) is -0.420. The third-order valence-electron chi connectivity index (χ3n) is 3.64. The van der Waals surface area contributed by atoms with Crippen molar-refractivity contribution in [3.8, 4) is 0 Å². The van der Waals surface area contributed by atoms with Gasteiger partial charge in [-0.25, -0.2) is 0 Å². The van der Waals surface area contributed by atoms with Gasteiger partial charge < -0.3 is 4.74 Å². The van der Waals surface area contributed by atoms with E-state index >= 15 is 0 Å². The second-order valence-electron chi connectivity index (χ2n) is 4.82. The van der Waals surface area contributed by atoms with E-state index in [0.717, 1.165) is 0 Å². The molecule has 0 bridgehead atoms. The molecule has 0 spiro atoms. The summed E-state index contributed by atoms with van der Waals surface area (Å²) in [6.07, 6.45) is 2.61. The maximum Gasteiger partial charge on any atom is 0.262 e. The third kappa shape index (κ3) is 2.51. The molecule has 1 aliphatic heterocycles. The van der Waals surface area contributed by atoms with Crippen molar-refractivity contribution in [1.82, 2.24) is 4.90 Å². The first-order chi connectivity index (χ1) is 9.64. The lowest BCUT2D eigenvalue weighted by molar-refractivity contribution is -0.167. The van der Waals surface area contributed by atoms with Crippen LogP contribution in [0.1, 0.15) is 30.1 Å². The summed E-state index contributed by atoms with van der Waals surface area (Å²) >= 11 is 0. The van der Waals surface area contributed by atoms with Gasteiger partial charge in [-0.15, -0.1) is 6.58 Å². The number of morpholine rings is 1. The van der Waals surface area contributed by atoms with Crippen molar-refractivity contribution in [2.75, 3.05) is 13.2 Å². The molecule has 0 N–H and O–H groups in total. The molecule has 1 saturated heterocycles. The first kappa shape index (κ1) is 14.5. The fourth-order valence-electron chi connectivity index (χ4n) is 2.45. The van der Waals surface area contributed by atoms with Gasteiger partial charge in [-0.1, -0.05) is 31.2 Å². The van der Waals surface area contributed by atoms with Crippen molar-refractivity contribution in [2.24, 2.45) is 0 Å². The summed E-state index contributed by atoms with van der Waals surface area (Å²) in [5, 5.41) is 0. The predicted molar refractivity (Wildman–Crippen MR) is 76.3 cm³/mol. The Bertz CT molecular complexity index is 512. The second-order valence-corrected chi connectivity index (χ2v) is 4.82. The van der Waals surface area contributed by atoms with Crippen LogP contribution in [-0.2, 0) is 9.53 Å². The van der Waals surface area contributed by atoms with Crippen molar-refractivity contribution in [2.45, 2.75) is 25.4 Å². The molecule has 1 heterocycles. The molecule has 20 heavy (non-hydrogen) atoms. The molecule has 106 valence electrons. The maximum absolute atomic E-state index is 12.6. The summed E-state index contributed by atoms with van der Waals surface area (Å²) < 4.78 is 5.67. The van der Waals surface area contributed by atoms with Gasteiger partial charge in [0, 0.05) is 12.0 Å². The zero-order valence-corrected chi connectivity index (χ0v) is 11.7. The summed E-state index contributed by atoms with van der Waals surface area (Å²) in [6.45, 7) is 6.23. The Hall–Kier alpha value is -1.94. The van der Waals surface area contributed by atoms with Gasteiger partial charge in [-0.3, -0.25) is 14.5 Å². The fourth-order valence-corrected chi connectivity index (χ4v) is 2.45. The monoisotopic (exact) mass is 273 g/mol. The molecule has 1 aromatic carbocycles. The maximum atomic E-state index is 12.6. The van der Waals surface area contributed by atoms with E-state index in [9.17, 15) is 9.59 Å². The molecule has 1 aliphatic rings. The van der Waals surface area contributed by atoms with E-state index in [2.05, 4.69) is 6.58 Å². The number of carbonyl (C=O) groups is 2. The average molecular weight is 273 g/mol. The molecule has 2 amide bonds. The molecule has 0 saturated carbocycles. The highest BCUT2D eigenvalue weighted by atomic mass is 16.5. The van der Waals surface area contributed by atoms with Gasteiger partial charge in [0.15, 0.2) is 5.60 Å². The lowest BCUT2D eigenvalue weighted by atomic mass is 9.92. The van der Waals surface area contributed by atoms with Crippen molar-refractivity contribution in [1.29, 1.82) is 0 Å². The summed E-state index contributed by atoms with van der Waals surface area (Å²) in [5.74, 6) is -0.527. The molecule has 2 rings (SSSR count). The van der Waals surface area contributed by atoms with Crippen molar-refractivity contribution < 1.29 is 14.3 Å². The molecule has 0 radical (unpaired) electrons. The van der Waals surface area contributed by atoms with E-state index in [0.29, 0.717) is 31.6 Å². The van der Waals surface area contributed by atoms with Crippen LogP contribution in [0.2, 0.25) is 0 Å². The van der Waals surface area contributed by atoms with Gasteiger partial charge >= 0.3 is 0 Å². The number of hydrogen-bond acceptors (Lipinski definition) is 3. The molecular weight excluding hydrogens is 254 g/mol. The quantitative estimate of drug-likeness (QED) is 0.625. The predicted octanol–water partition coefficient (Wildman–Crippen LogP) is 2.41. The highest BCUT2D eigenvalue weighted by molar-refractivity contribution is 6.07. The van der Waals surface area contributed by atoms with Crippen LogP contribution in [-0.4, -0.2) is 35.5 Å². The van der Waals surface area contributed by atoms with Crippen molar-refractivity contribution in [3.05, 3.63) is 48.6 Å². The van der Waals surface area contributed by atoms with Crippen molar-refractivity contribution in [3.63, 3.8) is 0 Å². The van der Waals surface area contributed by atoms with Gasteiger partial charge in [0.05, 0.1) is 13.2 Å². The Balaban J connectivity index is 2.26. The first-order valence-electron chi connectivity index (χ1n) is 6.81.